The molecule has 7 heteroatoms. The zero-order valence-corrected chi connectivity index (χ0v) is 11.3. The van der Waals surface area contributed by atoms with Gasteiger partial charge in [0.15, 0.2) is 0 Å². The van der Waals surface area contributed by atoms with Gasteiger partial charge in [0, 0.05) is 31.1 Å². The Morgan fingerprint density at radius 3 is 2.94 bits per heavy atom. The van der Waals surface area contributed by atoms with Gasteiger partial charge in [-0.1, -0.05) is 0 Å². The largest absolute Gasteiger partial charge is 0.334 e. The minimum Gasteiger partial charge on any atom is -0.334 e. The summed E-state index contributed by atoms with van der Waals surface area (Å²) >= 11 is 1.46. The van der Waals surface area contributed by atoms with E-state index in [-0.39, 0.29) is 30.7 Å². The Morgan fingerprint density at radius 1 is 1.62 bits per heavy atom. The molecule has 1 aromatic rings. The zero-order chi connectivity index (χ0) is 9.97. The minimum atomic E-state index is 0. The van der Waals surface area contributed by atoms with Gasteiger partial charge < -0.3 is 10.2 Å². The van der Waals surface area contributed by atoms with E-state index in [9.17, 15) is 4.79 Å². The second-order valence-electron chi connectivity index (χ2n) is 3.48. The van der Waals surface area contributed by atoms with Crippen LogP contribution in [0.15, 0.2) is 10.9 Å². The van der Waals surface area contributed by atoms with Crippen molar-refractivity contribution in [1.82, 2.24) is 15.2 Å². The molecule has 2 heterocycles. The number of halogens is 2. The van der Waals surface area contributed by atoms with E-state index in [0.717, 1.165) is 19.6 Å². The van der Waals surface area contributed by atoms with E-state index in [2.05, 4.69) is 17.2 Å². The molecule has 1 amide bonds. The van der Waals surface area contributed by atoms with E-state index >= 15 is 0 Å². The van der Waals surface area contributed by atoms with Crippen LogP contribution in [0.3, 0.4) is 0 Å². The Morgan fingerprint density at radius 2 is 2.38 bits per heavy atom. The van der Waals surface area contributed by atoms with E-state index in [0.29, 0.717) is 11.7 Å². The van der Waals surface area contributed by atoms with E-state index in [1.807, 2.05) is 4.90 Å². The van der Waals surface area contributed by atoms with Crippen molar-refractivity contribution in [3.8, 4) is 0 Å². The average molecular weight is 284 g/mol. The van der Waals surface area contributed by atoms with Crippen LogP contribution >= 0.6 is 36.2 Å². The number of hydrogen-bond acceptors (Lipinski definition) is 4. The van der Waals surface area contributed by atoms with Crippen molar-refractivity contribution in [2.24, 2.45) is 0 Å². The highest BCUT2D eigenvalue weighted by Crippen LogP contribution is 2.07. The third-order valence-electron chi connectivity index (χ3n) is 2.31. The molecule has 0 aromatic carbocycles. The van der Waals surface area contributed by atoms with E-state index in [1.165, 1.54) is 11.3 Å². The molecule has 0 spiro atoms. The fraction of sp³-hybridized carbons (Fsp3) is 0.556. The van der Waals surface area contributed by atoms with Gasteiger partial charge in [0.2, 0.25) is 0 Å². The maximum absolute atomic E-state index is 11.8. The second-order valence-corrected chi connectivity index (χ2v) is 4.20. The molecule has 0 radical (unpaired) electrons. The van der Waals surface area contributed by atoms with Crippen LogP contribution in [0.5, 0.6) is 0 Å². The standard InChI is InChI=1S/C9H13N3OS.2ClH/c1-7-4-12(3-2-10-7)9(13)8-5-14-6-11-8;;/h5-7,10H,2-4H2,1H3;2*1H/t7-;;/m1../s1. The van der Waals surface area contributed by atoms with Crippen LogP contribution in [0, 0.1) is 0 Å². The highest BCUT2D eigenvalue weighted by molar-refractivity contribution is 7.07. The van der Waals surface area contributed by atoms with Gasteiger partial charge in [-0.3, -0.25) is 4.79 Å². The minimum absolute atomic E-state index is 0. The van der Waals surface area contributed by atoms with Crippen LogP contribution in [0.1, 0.15) is 17.4 Å². The molecular weight excluding hydrogens is 269 g/mol. The number of rotatable bonds is 1. The van der Waals surface area contributed by atoms with Crippen LogP contribution in [0.2, 0.25) is 0 Å². The molecule has 1 atom stereocenters. The summed E-state index contributed by atoms with van der Waals surface area (Å²) in [5.41, 5.74) is 2.27. The molecular formula is C9H15Cl2N3OS. The van der Waals surface area contributed by atoms with Gasteiger partial charge in [-0.2, -0.15) is 0 Å². The van der Waals surface area contributed by atoms with Gasteiger partial charge in [0.1, 0.15) is 5.69 Å². The number of nitrogens with one attached hydrogen (secondary N) is 1. The van der Waals surface area contributed by atoms with Crippen molar-refractivity contribution in [3.63, 3.8) is 0 Å². The molecule has 1 aromatic heterocycles. The average Bonchev–Trinajstić information content (AvgIpc) is 2.69. The van der Waals surface area contributed by atoms with Gasteiger partial charge in [-0.05, 0) is 6.92 Å². The smallest absolute Gasteiger partial charge is 0.273 e. The van der Waals surface area contributed by atoms with Gasteiger partial charge in [-0.25, -0.2) is 4.98 Å². The predicted octanol–water partition coefficient (Wildman–Crippen LogP) is 1.42. The Kier molecular flexibility index (Phi) is 6.90. The van der Waals surface area contributed by atoms with E-state index in [4.69, 9.17) is 0 Å². The lowest BCUT2D eigenvalue weighted by molar-refractivity contribution is 0.0704. The third-order valence-corrected chi connectivity index (χ3v) is 2.89. The number of aromatic nitrogens is 1. The fourth-order valence-corrected chi connectivity index (χ4v) is 2.12. The second kappa shape index (κ2) is 7.06. The van der Waals surface area contributed by atoms with Gasteiger partial charge in [0.05, 0.1) is 5.51 Å². The zero-order valence-electron chi connectivity index (χ0n) is 8.88. The quantitative estimate of drug-likeness (QED) is 0.848. The molecule has 0 aliphatic carbocycles. The lowest BCUT2D eigenvalue weighted by Crippen LogP contribution is -2.51. The highest BCUT2D eigenvalue weighted by atomic mass is 35.5. The maximum Gasteiger partial charge on any atom is 0.273 e. The highest BCUT2D eigenvalue weighted by Gasteiger charge is 2.22. The molecule has 2 rings (SSSR count). The number of thiazole rings is 1. The summed E-state index contributed by atoms with van der Waals surface area (Å²) in [4.78, 5) is 17.7. The topological polar surface area (TPSA) is 45.2 Å². The Labute approximate surface area is 111 Å². The first kappa shape index (κ1) is 15.6. The summed E-state index contributed by atoms with van der Waals surface area (Å²) in [6, 6.07) is 0.381. The molecule has 16 heavy (non-hydrogen) atoms. The summed E-state index contributed by atoms with van der Waals surface area (Å²) in [5.74, 6) is 0.0552. The van der Waals surface area contributed by atoms with E-state index in [1.54, 1.807) is 10.9 Å². The lowest BCUT2D eigenvalue weighted by Gasteiger charge is -2.31. The van der Waals surface area contributed by atoms with Crippen molar-refractivity contribution < 1.29 is 4.79 Å². The van der Waals surface area contributed by atoms with Crippen molar-refractivity contribution >= 4 is 42.1 Å². The summed E-state index contributed by atoms with van der Waals surface area (Å²) in [7, 11) is 0. The summed E-state index contributed by atoms with van der Waals surface area (Å²) in [6.45, 7) is 4.51. The van der Waals surface area contributed by atoms with Crippen LogP contribution < -0.4 is 5.32 Å². The van der Waals surface area contributed by atoms with E-state index < -0.39 is 0 Å². The van der Waals surface area contributed by atoms with Gasteiger partial charge in [0.25, 0.3) is 5.91 Å². The number of amides is 1. The monoisotopic (exact) mass is 283 g/mol. The molecule has 1 aliphatic rings. The van der Waals surface area contributed by atoms with Crippen molar-refractivity contribution in [2.75, 3.05) is 19.6 Å². The van der Waals surface area contributed by atoms with Gasteiger partial charge >= 0.3 is 0 Å². The normalized spacial score (nSPS) is 19.6. The van der Waals surface area contributed by atoms with Crippen molar-refractivity contribution in [3.05, 3.63) is 16.6 Å². The molecule has 92 valence electrons. The molecule has 1 aliphatic heterocycles. The number of nitrogens with zero attached hydrogens (tertiary/aromatic N) is 2. The first-order chi connectivity index (χ1) is 6.77. The molecule has 1 fully saturated rings. The van der Waals surface area contributed by atoms with Crippen molar-refractivity contribution in [1.29, 1.82) is 0 Å². The molecule has 4 nitrogen and oxygen atoms in total. The first-order valence-electron chi connectivity index (χ1n) is 4.68. The Bertz CT molecular complexity index is 321. The molecule has 0 saturated carbocycles. The fourth-order valence-electron chi connectivity index (χ4n) is 1.60. The molecule has 1 N–H and O–H groups in total. The van der Waals surface area contributed by atoms with Crippen LogP contribution in [-0.2, 0) is 0 Å². The third kappa shape index (κ3) is 3.59. The van der Waals surface area contributed by atoms with Gasteiger partial charge in [-0.15, -0.1) is 36.2 Å². The number of carbonyl (C=O) groups excluding carboxylic acids is 1. The molecule has 0 bridgehead atoms. The molecule has 1 saturated heterocycles. The summed E-state index contributed by atoms with van der Waals surface area (Å²) < 4.78 is 0. The number of carbonyl (C=O) groups is 1. The molecule has 0 unspecified atom stereocenters. The lowest BCUT2D eigenvalue weighted by atomic mass is 10.2. The SMILES string of the molecule is C[C@@H]1CN(C(=O)c2cscn2)CCN1.Cl.Cl. The van der Waals surface area contributed by atoms with Crippen molar-refractivity contribution in [2.45, 2.75) is 13.0 Å². The first-order valence-corrected chi connectivity index (χ1v) is 5.62. The Balaban J connectivity index is 0.00000112. The number of hydrogen-bond donors (Lipinski definition) is 1. The number of piperazine rings is 1. The van der Waals surface area contributed by atoms with Crippen LogP contribution in [-0.4, -0.2) is 41.5 Å². The predicted molar refractivity (Wildman–Crippen MR) is 70.0 cm³/mol. The summed E-state index contributed by atoms with van der Waals surface area (Å²) in [5, 5.41) is 5.10. The summed E-state index contributed by atoms with van der Waals surface area (Å²) in [6.07, 6.45) is 0. The Hall–Kier alpha value is -0.360. The van der Waals surface area contributed by atoms with Crippen LogP contribution in [0.25, 0.3) is 0 Å². The van der Waals surface area contributed by atoms with Crippen LogP contribution in [0.4, 0.5) is 0 Å². The maximum atomic E-state index is 11.8.